The zero-order chi connectivity index (χ0) is 18.6. The molecular weight excluding hydrogens is 360 g/mol. The summed E-state index contributed by atoms with van der Waals surface area (Å²) in [5.74, 6) is 1.71. The molecule has 0 aliphatic heterocycles. The van der Waals surface area contributed by atoms with Crippen LogP contribution in [0.3, 0.4) is 0 Å². The van der Waals surface area contributed by atoms with Crippen LogP contribution in [-0.4, -0.2) is 27.0 Å². The van der Waals surface area contributed by atoms with Crippen molar-refractivity contribution in [2.75, 3.05) is 6.54 Å². The molecule has 1 amide bonds. The van der Waals surface area contributed by atoms with Gasteiger partial charge in [-0.15, -0.1) is 11.3 Å². The van der Waals surface area contributed by atoms with Gasteiger partial charge in [-0.25, -0.2) is 9.97 Å². The molecule has 0 atom stereocenters. The van der Waals surface area contributed by atoms with Gasteiger partial charge < -0.3 is 14.3 Å². The molecule has 3 aromatic heterocycles. The van der Waals surface area contributed by atoms with Crippen molar-refractivity contribution in [1.29, 1.82) is 0 Å². The van der Waals surface area contributed by atoms with Crippen molar-refractivity contribution in [2.24, 2.45) is 0 Å². The molecule has 7 heteroatoms. The lowest BCUT2D eigenvalue weighted by molar-refractivity contribution is -0.120. The molecule has 1 N–H and O–H groups in total. The first-order valence-corrected chi connectivity index (χ1v) is 9.75. The fourth-order valence-electron chi connectivity index (χ4n) is 3.07. The zero-order valence-electron chi connectivity index (χ0n) is 15.0. The number of furan rings is 1. The highest BCUT2D eigenvalue weighted by Gasteiger charge is 2.11. The molecule has 0 saturated heterocycles. The second kappa shape index (κ2) is 7.75. The number of nitrogens with one attached hydrogen (secondary N) is 1. The standard InChI is InChI=1S/C20H20N4O2S/c1-14-22-16-6-2-3-7-17(16)24(14)10-5-9-21-19(25)12-15-13-27-20(23-15)18-8-4-11-26-18/h2-4,6-8,11,13H,5,9-10,12H2,1H3,(H,21,25). The second-order valence-corrected chi connectivity index (χ2v) is 7.16. The lowest BCUT2D eigenvalue weighted by Gasteiger charge is -2.08. The van der Waals surface area contributed by atoms with Crippen molar-refractivity contribution in [1.82, 2.24) is 19.9 Å². The van der Waals surface area contributed by atoms with Gasteiger partial charge in [-0.3, -0.25) is 4.79 Å². The molecule has 0 aliphatic rings. The van der Waals surface area contributed by atoms with Gasteiger partial charge in [0, 0.05) is 18.5 Å². The highest BCUT2D eigenvalue weighted by Crippen LogP contribution is 2.24. The highest BCUT2D eigenvalue weighted by atomic mass is 32.1. The molecule has 0 fully saturated rings. The Morgan fingerprint density at radius 1 is 1.22 bits per heavy atom. The molecule has 4 aromatic rings. The first kappa shape index (κ1) is 17.5. The Morgan fingerprint density at radius 2 is 2.11 bits per heavy atom. The minimum absolute atomic E-state index is 0.0153. The normalized spacial score (nSPS) is 11.1. The van der Waals surface area contributed by atoms with Crippen molar-refractivity contribution in [2.45, 2.75) is 26.3 Å². The zero-order valence-corrected chi connectivity index (χ0v) is 15.8. The van der Waals surface area contributed by atoms with Gasteiger partial charge in [-0.05, 0) is 37.6 Å². The van der Waals surface area contributed by atoms with Crippen LogP contribution in [0.15, 0.2) is 52.5 Å². The van der Waals surface area contributed by atoms with Gasteiger partial charge in [-0.2, -0.15) is 0 Å². The number of imidazole rings is 1. The van der Waals surface area contributed by atoms with Crippen molar-refractivity contribution in [3.05, 3.63) is 59.6 Å². The van der Waals surface area contributed by atoms with Gasteiger partial charge in [0.15, 0.2) is 10.8 Å². The summed E-state index contributed by atoms with van der Waals surface area (Å²) in [5.41, 5.74) is 2.91. The number of aryl methyl sites for hydroxylation is 2. The number of amides is 1. The number of hydrogen-bond acceptors (Lipinski definition) is 5. The number of rotatable bonds is 7. The molecule has 0 spiro atoms. The van der Waals surface area contributed by atoms with Crippen molar-refractivity contribution in [3.8, 4) is 10.8 Å². The summed E-state index contributed by atoms with van der Waals surface area (Å²) < 4.78 is 7.52. The monoisotopic (exact) mass is 380 g/mol. The molecule has 0 bridgehead atoms. The van der Waals surface area contributed by atoms with E-state index in [-0.39, 0.29) is 12.3 Å². The van der Waals surface area contributed by atoms with Crippen LogP contribution >= 0.6 is 11.3 Å². The summed E-state index contributed by atoms with van der Waals surface area (Å²) in [6.45, 7) is 3.46. The summed E-state index contributed by atoms with van der Waals surface area (Å²) in [5, 5.41) is 5.67. The van der Waals surface area contributed by atoms with Crippen LogP contribution in [0.4, 0.5) is 0 Å². The van der Waals surface area contributed by atoms with Crippen molar-refractivity contribution >= 4 is 28.3 Å². The number of benzene rings is 1. The maximum atomic E-state index is 12.2. The molecule has 0 radical (unpaired) electrons. The van der Waals surface area contributed by atoms with E-state index in [1.165, 1.54) is 11.3 Å². The molecule has 0 aliphatic carbocycles. The Labute approximate surface area is 160 Å². The van der Waals surface area contributed by atoms with Crippen LogP contribution in [-0.2, 0) is 17.8 Å². The third-order valence-electron chi connectivity index (χ3n) is 4.35. The Balaban J connectivity index is 1.27. The van der Waals surface area contributed by atoms with E-state index in [1.54, 1.807) is 6.26 Å². The topological polar surface area (TPSA) is 73.0 Å². The quantitative estimate of drug-likeness (QED) is 0.495. The molecule has 4 rings (SSSR count). The van der Waals surface area contributed by atoms with Crippen LogP contribution in [0, 0.1) is 6.92 Å². The van der Waals surface area contributed by atoms with Gasteiger partial charge in [-0.1, -0.05) is 12.1 Å². The first-order chi connectivity index (χ1) is 13.2. The number of fused-ring (bicyclic) bond motifs is 1. The largest absolute Gasteiger partial charge is 0.462 e. The molecule has 6 nitrogen and oxygen atoms in total. The lowest BCUT2D eigenvalue weighted by Crippen LogP contribution is -2.27. The van der Waals surface area contributed by atoms with Gasteiger partial charge in [0.25, 0.3) is 0 Å². The fraction of sp³-hybridized carbons (Fsp3) is 0.250. The number of para-hydroxylation sites is 2. The predicted molar refractivity (Wildman–Crippen MR) is 106 cm³/mol. The first-order valence-electron chi connectivity index (χ1n) is 8.87. The van der Waals surface area contributed by atoms with Gasteiger partial charge in [0.2, 0.25) is 5.91 Å². The number of hydrogen-bond donors (Lipinski definition) is 1. The van der Waals surface area contributed by atoms with Crippen LogP contribution in [0.2, 0.25) is 0 Å². The molecular formula is C20H20N4O2S. The summed E-state index contributed by atoms with van der Waals surface area (Å²) in [6, 6.07) is 11.8. The maximum absolute atomic E-state index is 12.2. The molecule has 27 heavy (non-hydrogen) atoms. The molecule has 0 saturated carbocycles. The Morgan fingerprint density at radius 3 is 2.96 bits per heavy atom. The van der Waals surface area contributed by atoms with Crippen molar-refractivity contribution in [3.63, 3.8) is 0 Å². The van der Waals surface area contributed by atoms with E-state index in [0.29, 0.717) is 6.54 Å². The van der Waals surface area contributed by atoms with Gasteiger partial charge >= 0.3 is 0 Å². The summed E-state index contributed by atoms with van der Waals surface area (Å²) in [7, 11) is 0. The number of carbonyl (C=O) groups is 1. The Hall–Kier alpha value is -2.93. The number of thiazole rings is 1. The lowest BCUT2D eigenvalue weighted by atomic mass is 10.3. The van der Waals surface area contributed by atoms with E-state index in [0.717, 1.165) is 46.3 Å². The molecule has 3 heterocycles. The van der Waals surface area contributed by atoms with E-state index in [9.17, 15) is 4.79 Å². The SMILES string of the molecule is Cc1nc2ccccc2n1CCCNC(=O)Cc1csc(-c2ccco2)n1. The highest BCUT2D eigenvalue weighted by molar-refractivity contribution is 7.13. The summed E-state index contributed by atoms with van der Waals surface area (Å²) >= 11 is 1.48. The van der Waals surface area contributed by atoms with E-state index < -0.39 is 0 Å². The fourth-order valence-corrected chi connectivity index (χ4v) is 3.86. The number of nitrogens with zero attached hydrogens (tertiary/aromatic N) is 3. The average Bonchev–Trinajstić information content (AvgIpc) is 3.39. The molecule has 1 aromatic carbocycles. The van der Waals surface area contributed by atoms with Gasteiger partial charge in [0.05, 0.1) is 29.4 Å². The van der Waals surface area contributed by atoms with Crippen LogP contribution in [0.5, 0.6) is 0 Å². The van der Waals surface area contributed by atoms with E-state index in [1.807, 2.05) is 42.6 Å². The predicted octanol–water partition coefficient (Wildman–Crippen LogP) is 3.81. The molecule has 138 valence electrons. The minimum atomic E-state index is -0.0153. The van der Waals surface area contributed by atoms with Crippen LogP contribution < -0.4 is 5.32 Å². The van der Waals surface area contributed by atoms with E-state index >= 15 is 0 Å². The smallest absolute Gasteiger partial charge is 0.226 e. The van der Waals surface area contributed by atoms with Crippen LogP contribution in [0.1, 0.15) is 17.9 Å². The number of carbonyl (C=O) groups excluding carboxylic acids is 1. The van der Waals surface area contributed by atoms with E-state index in [4.69, 9.17) is 4.42 Å². The molecule has 0 unspecified atom stereocenters. The van der Waals surface area contributed by atoms with Crippen molar-refractivity contribution < 1.29 is 9.21 Å². The van der Waals surface area contributed by atoms with Gasteiger partial charge in [0.1, 0.15) is 5.82 Å². The summed E-state index contributed by atoms with van der Waals surface area (Å²) in [6.07, 6.45) is 2.75. The third kappa shape index (κ3) is 3.93. The summed E-state index contributed by atoms with van der Waals surface area (Å²) in [4.78, 5) is 21.2. The van der Waals surface area contributed by atoms with Crippen LogP contribution in [0.25, 0.3) is 21.8 Å². The van der Waals surface area contributed by atoms with E-state index in [2.05, 4.69) is 25.9 Å². The number of aromatic nitrogens is 3. The Kier molecular flexibility index (Phi) is 5.02. The Bertz CT molecular complexity index is 1050. The maximum Gasteiger partial charge on any atom is 0.226 e. The third-order valence-corrected chi connectivity index (χ3v) is 5.26. The minimum Gasteiger partial charge on any atom is -0.462 e. The second-order valence-electron chi connectivity index (χ2n) is 6.30. The average molecular weight is 380 g/mol.